The van der Waals surface area contributed by atoms with Gasteiger partial charge in [0.05, 0.1) is 18.5 Å². The minimum absolute atomic E-state index is 0.0785. The minimum Gasteiger partial charge on any atom is -0.495 e. The van der Waals surface area contributed by atoms with E-state index in [1.54, 1.807) is 24.0 Å². The third kappa shape index (κ3) is 3.82. The van der Waals surface area contributed by atoms with Gasteiger partial charge in [-0.1, -0.05) is 28.9 Å². The number of rotatable bonds is 5. The Hall–Kier alpha value is -2.06. The monoisotopic (exact) mass is 452 g/mol. The third-order valence-corrected chi connectivity index (χ3v) is 6.32. The van der Waals surface area contributed by atoms with E-state index in [4.69, 9.17) is 4.74 Å². The zero-order valence-electron chi connectivity index (χ0n) is 15.4. The molecule has 3 rings (SSSR count). The second-order valence-corrected chi connectivity index (χ2v) is 8.94. The number of nitrogens with one attached hydrogen (secondary N) is 1. The number of ether oxygens (including phenoxy) is 1. The van der Waals surface area contributed by atoms with E-state index in [0.717, 1.165) is 11.1 Å². The molecule has 0 spiro atoms. The number of aryl methyl sites for hydroxylation is 1. The van der Waals surface area contributed by atoms with E-state index in [9.17, 15) is 13.2 Å². The van der Waals surface area contributed by atoms with Crippen LogP contribution in [0, 0.1) is 6.92 Å². The number of halogens is 1. The van der Waals surface area contributed by atoms with Crippen LogP contribution in [0.1, 0.15) is 24.5 Å². The molecule has 0 fully saturated rings. The first kappa shape index (κ1) is 19.7. The molecular weight excluding hydrogens is 432 g/mol. The van der Waals surface area contributed by atoms with Crippen molar-refractivity contribution >= 4 is 43.2 Å². The van der Waals surface area contributed by atoms with Crippen molar-refractivity contribution in [3.8, 4) is 5.75 Å². The highest BCUT2D eigenvalue weighted by molar-refractivity contribution is 9.10. The van der Waals surface area contributed by atoms with E-state index in [1.807, 2.05) is 19.1 Å². The highest BCUT2D eigenvalue weighted by atomic mass is 79.9. The molecule has 1 aliphatic rings. The normalized spacial score (nSPS) is 13.4. The summed E-state index contributed by atoms with van der Waals surface area (Å²) in [5, 5.41) is 0. The zero-order valence-corrected chi connectivity index (χ0v) is 17.8. The van der Waals surface area contributed by atoms with Gasteiger partial charge in [-0.05, 0) is 48.7 Å². The minimum atomic E-state index is -3.94. The molecule has 1 aliphatic heterocycles. The van der Waals surface area contributed by atoms with Crippen LogP contribution in [0.5, 0.6) is 5.75 Å². The molecule has 144 valence electrons. The number of benzene rings is 2. The second-order valence-electron chi connectivity index (χ2n) is 6.37. The number of hydrogen-bond acceptors (Lipinski definition) is 4. The zero-order chi connectivity index (χ0) is 19.8. The van der Waals surface area contributed by atoms with Crippen molar-refractivity contribution in [2.45, 2.75) is 31.6 Å². The number of sulfonamides is 1. The quantitative estimate of drug-likeness (QED) is 0.746. The van der Waals surface area contributed by atoms with Crippen molar-refractivity contribution in [2.24, 2.45) is 0 Å². The molecule has 0 saturated heterocycles. The first-order valence-corrected chi connectivity index (χ1v) is 10.8. The van der Waals surface area contributed by atoms with Gasteiger partial charge in [-0.15, -0.1) is 0 Å². The van der Waals surface area contributed by atoms with Crippen molar-refractivity contribution in [3.63, 3.8) is 0 Å². The van der Waals surface area contributed by atoms with Crippen molar-refractivity contribution in [1.82, 2.24) is 0 Å². The molecule has 6 nitrogen and oxygen atoms in total. The van der Waals surface area contributed by atoms with Gasteiger partial charge in [-0.3, -0.25) is 9.52 Å². The lowest BCUT2D eigenvalue weighted by atomic mass is 10.2. The number of methoxy groups -OCH3 is 1. The Morgan fingerprint density at radius 3 is 2.70 bits per heavy atom. The number of anilines is 2. The second kappa shape index (κ2) is 7.52. The van der Waals surface area contributed by atoms with Crippen LogP contribution < -0.4 is 14.4 Å². The standard InChI is InChI=1S/C19H21BrN2O4S/c1-4-18(23)22-8-7-13-10-14(20)11-17(19(13)22)27(24,25)21-15-9-12(2)5-6-16(15)26-3/h5-6,9-11,21H,4,7-8H2,1-3H3. The van der Waals surface area contributed by atoms with Crippen LogP contribution in [0.4, 0.5) is 11.4 Å². The number of carbonyl (C=O) groups excluding carboxylic acids is 1. The SMILES string of the molecule is CCC(=O)N1CCc2cc(Br)cc(S(=O)(=O)Nc3cc(C)ccc3OC)c21. The number of nitrogens with zero attached hydrogens (tertiary/aromatic N) is 1. The van der Waals surface area contributed by atoms with Gasteiger partial charge in [0, 0.05) is 17.4 Å². The van der Waals surface area contributed by atoms with Crippen LogP contribution in [0.2, 0.25) is 0 Å². The first-order valence-electron chi connectivity index (χ1n) is 8.57. The molecule has 0 aromatic heterocycles. The van der Waals surface area contributed by atoms with Crippen LogP contribution in [0.15, 0.2) is 39.7 Å². The van der Waals surface area contributed by atoms with Gasteiger partial charge in [-0.25, -0.2) is 8.42 Å². The predicted molar refractivity (Wildman–Crippen MR) is 109 cm³/mol. The van der Waals surface area contributed by atoms with Gasteiger partial charge in [0.15, 0.2) is 0 Å². The predicted octanol–water partition coefficient (Wildman–Crippen LogP) is 3.87. The summed E-state index contributed by atoms with van der Waals surface area (Å²) in [5.74, 6) is 0.331. The summed E-state index contributed by atoms with van der Waals surface area (Å²) in [7, 11) is -2.45. The molecule has 1 amide bonds. The van der Waals surface area contributed by atoms with Gasteiger partial charge in [0.1, 0.15) is 10.6 Å². The summed E-state index contributed by atoms with van der Waals surface area (Å²) in [6.07, 6.45) is 0.935. The maximum absolute atomic E-state index is 13.2. The molecule has 1 N–H and O–H groups in total. The Labute approximate surface area is 167 Å². The lowest BCUT2D eigenvalue weighted by molar-refractivity contribution is -0.118. The fraction of sp³-hybridized carbons (Fsp3) is 0.316. The maximum Gasteiger partial charge on any atom is 0.264 e. The molecule has 0 bridgehead atoms. The van der Waals surface area contributed by atoms with Crippen molar-refractivity contribution in [1.29, 1.82) is 0 Å². The van der Waals surface area contributed by atoms with Crippen molar-refractivity contribution < 1.29 is 17.9 Å². The highest BCUT2D eigenvalue weighted by Crippen LogP contribution is 2.39. The molecule has 0 saturated carbocycles. The van der Waals surface area contributed by atoms with Crippen LogP contribution in [-0.2, 0) is 21.2 Å². The van der Waals surface area contributed by atoms with Crippen LogP contribution in [0.25, 0.3) is 0 Å². The van der Waals surface area contributed by atoms with E-state index < -0.39 is 10.0 Å². The summed E-state index contributed by atoms with van der Waals surface area (Å²) in [6, 6.07) is 8.67. The van der Waals surface area contributed by atoms with Crippen LogP contribution >= 0.6 is 15.9 Å². The lowest BCUT2D eigenvalue weighted by Crippen LogP contribution is -2.29. The van der Waals surface area contributed by atoms with Crippen LogP contribution in [-0.4, -0.2) is 28.0 Å². The fourth-order valence-corrected chi connectivity index (χ4v) is 5.21. The van der Waals surface area contributed by atoms with E-state index in [-0.39, 0.29) is 10.8 Å². The number of fused-ring (bicyclic) bond motifs is 1. The molecule has 2 aromatic rings. The Bertz CT molecular complexity index is 1010. The Morgan fingerprint density at radius 2 is 2.04 bits per heavy atom. The maximum atomic E-state index is 13.2. The van der Waals surface area contributed by atoms with E-state index in [2.05, 4.69) is 20.7 Å². The van der Waals surface area contributed by atoms with E-state index >= 15 is 0 Å². The number of amides is 1. The van der Waals surface area contributed by atoms with Gasteiger partial charge in [0.2, 0.25) is 5.91 Å². The Kier molecular flexibility index (Phi) is 5.48. The lowest BCUT2D eigenvalue weighted by Gasteiger charge is -2.21. The molecule has 8 heteroatoms. The van der Waals surface area contributed by atoms with Gasteiger partial charge in [-0.2, -0.15) is 0 Å². The Balaban J connectivity index is 2.11. The van der Waals surface area contributed by atoms with Crippen molar-refractivity contribution in [3.05, 3.63) is 45.9 Å². The summed E-state index contributed by atoms with van der Waals surface area (Å²) < 4.78 is 35.0. The van der Waals surface area contributed by atoms with Gasteiger partial charge in [0.25, 0.3) is 10.0 Å². The smallest absolute Gasteiger partial charge is 0.264 e. The summed E-state index contributed by atoms with van der Waals surface area (Å²) in [5.41, 5.74) is 2.56. The average Bonchev–Trinajstić information content (AvgIpc) is 3.03. The fourth-order valence-electron chi connectivity index (χ4n) is 3.22. The van der Waals surface area contributed by atoms with Gasteiger partial charge < -0.3 is 9.64 Å². The average molecular weight is 453 g/mol. The van der Waals surface area contributed by atoms with Crippen molar-refractivity contribution in [2.75, 3.05) is 23.3 Å². The number of carbonyl (C=O) groups is 1. The largest absolute Gasteiger partial charge is 0.495 e. The molecule has 0 unspecified atom stereocenters. The summed E-state index contributed by atoms with van der Waals surface area (Å²) >= 11 is 3.39. The molecule has 1 heterocycles. The van der Waals surface area contributed by atoms with E-state index in [1.165, 1.54) is 13.2 Å². The summed E-state index contributed by atoms with van der Waals surface area (Å²) in [4.78, 5) is 14.0. The topological polar surface area (TPSA) is 75.7 Å². The summed E-state index contributed by atoms with van der Waals surface area (Å²) in [6.45, 7) is 4.12. The molecule has 0 aliphatic carbocycles. The third-order valence-electron chi connectivity index (χ3n) is 4.49. The Morgan fingerprint density at radius 1 is 1.30 bits per heavy atom. The highest BCUT2D eigenvalue weighted by Gasteiger charge is 2.32. The molecule has 2 aromatic carbocycles. The molecular formula is C19H21BrN2O4S. The van der Waals surface area contributed by atoms with Gasteiger partial charge >= 0.3 is 0 Å². The molecule has 27 heavy (non-hydrogen) atoms. The van der Waals surface area contributed by atoms with E-state index in [0.29, 0.717) is 41.0 Å². The molecule has 0 radical (unpaired) electrons. The number of hydrogen-bond donors (Lipinski definition) is 1. The van der Waals surface area contributed by atoms with Crippen LogP contribution in [0.3, 0.4) is 0 Å². The first-order chi connectivity index (χ1) is 12.8. The molecule has 0 atom stereocenters.